The van der Waals surface area contributed by atoms with Gasteiger partial charge in [0.15, 0.2) is 12.4 Å². The zero-order chi connectivity index (χ0) is 34.7. The number of phenolic OH excluding ortho intramolecular Hbond substituents is 1. The van der Waals surface area contributed by atoms with Gasteiger partial charge in [-0.3, -0.25) is 28.9 Å². The topological polar surface area (TPSA) is 259 Å². The zero-order valence-electron chi connectivity index (χ0n) is 24.6. The van der Waals surface area contributed by atoms with E-state index in [1.165, 1.54) is 42.2 Å². The van der Waals surface area contributed by atoms with Crippen LogP contribution in [0, 0.1) is 6.92 Å². The number of β-lactam (4-membered cyclic amide) rings is 1. The van der Waals surface area contributed by atoms with Crippen LogP contribution in [0.5, 0.6) is 11.5 Å². The molecule has 0 spiro atoms. The molecule has 2 aliphatic heterocycles. The molecule has 18 nitrogen and oxygen atoms in total. The number of carbonyl (C=O) groups is 5. The van der Waals surface area contributed by atoms with E-state index < -0.39 is 65.7 Å². The quantitative estimate of drug-likeness (QED) is 0.0994. The molecule has 5 rings (SSSR count). The number of carboxylic acid groups (broad SMARTS) is 2. The second-order valence-electron chi connectivity index (χ2n) is 10.3. The predicted octanol–water partition coefficient (Wildman–Crippen LogP) is -0.119. The number of carboxylic acids is 2. The Kier molecular flexibility index (Phi) is 10.2. The average molecular weight is 721 g/mol. The molecular formula is C27H25ClN8O10S2. The van der Waals surface area contributed by atoms with Gasteiger partial charge in [0.25, 0.3) is 11.8 Å². The SMILES string of the molecule is Cc1[nH]cc(OCC(=O)N[C@@H](C(=O)NC2C(=O)N3C(C(=O)O)=C(CSc4nnnn4CC(=O)O)CS[C@H]23)c2ccc(O)cc2)c(=O)c1Cl. The van der Waals surface area contributed by atoms with Gasteiger partial charge in [-0.15, -0.1) is 16.9 Å². The number of aromatic nitrogens is 5. The van der Waals surface area contributed by atoms with Gasteiger partial charge in [-0.25, -0.2) is 9.48 Å². The molecule has 0 aliphatic carbocycles. The van der Waals surface area contributed by atoms with Crippen molar-refractivity contribution in [2.24, 2.45) is 0 Å². The van der Waals surface area contributed by atoms with Crippen LogP contribution in [0.3, 0.4) is 0 Å². The van der Waals surface area contributed by atoms with Crippen LogP contribution in [0.15, 0.2) is 51.7 Å². The normalized spacial score (nSPS) is 17.6. The van der Waals surface area contributed by atoms with Crippen LogP contribution < -0.4 is 20.8 Å². The smallest absolute Gasteiger partial charge is 0.352 e. The maximum atomic E-state index is 13.5. The number of amides is 3. The van der Waals surface area contributed by atoms with E-state index in [-0.39, 0.29) is 44.4 Å². The summed E-state index contributed by atoms with van der Waals surface area (Å²) in [4.78, 5) is 79.1. The van der Waals surface area contributed by atoms with E-state index in [0.29, 0.717) is 11.3 Å². The minimum atomic E-state index is -1.38. The maximum Gasteiger partial charge on any atom is 0.352 e. The fraction of sp³-hybridized carbons (Fsp3) is 0.296. The number of ether oxygens (including phenoxy) is 1. The first-order valence-corrected chi connectivity index (χ1v) is 16.2. The Morgan fingerprint density at radius 1 is 1.21 bits per heavy atom. The Morgan fingerprint density at radius 3 is 2.62 bits per heavy atom. The van der Waals surface area contributed by atoms with Crippen molar-refractivity contribution in [1.82, 2.24) is 40.7 Å². The number of nitrogens with one attached hydrogen (secondary N) is 3. The number of nitrogens with zero attached hydrogens (tertiary/aromatic N) is 5. The van der Waals surface area contributed by atoms with Crippen molar-refractivity contribution in [3.63, 3.8) is 0 Å². The summed E-state index contributed by atoms with van der Waals surface area (Å²) in [6.45, 7) is 0.410. The number of aliphatic carboxylic acids is 2. The molecule has 0 radical (unpaired) electrons. The van der Waals surface area contributed by atoms with E-state index in [0.717, 1.165) is 21.3 Å². The summed E-state index contributed by atoms with van der Waals surface area (Å²) in [7, 11) is 0. The number of tetrazole rings is 1. The Balaban J connectivity index is 1.28. The van der Waals surface area contributed by atoms with Gasteiger partial charge in [-0.1, -0.05) is 35.5 Å². The van der Waals surface area contributed by atoms with Crippen molar-refractivity contribution in [1.29, 1.82) is 0 Å². The third kappa shape index (κ3) is 7.24. The highest BCUT2D eigenvalue weighted by Crippen LogP contribution is 2.41. The number of aromatic amines is 1. The highest BCUT2D eigenvalue weighted by Gasteiger charge is 2.54. The van der Waals surface area contributed by atoms with Gasteiger partial charge in [-0.05, 0) is 40.6 Å². The number of halogens is 1. The number of benzene rings is 1. The Hall–Kier alpha value is -5.08. The molecule has 1 aromatic carbocycles. The molecule has 6 N–H and O–H groups in total. The van der Waals surface area contributed by atoms with Crippen LogP contribution in [0.1, 0.15) is 17.3 Å². The van der Waals surface area contributed by atoms with Crippen molar-refractivity contribution in [3.8, 4) is 11.5 Å². The molecular weight excluding hydrogens is 696 g/mol. The van der Waals surface area contributed by atoms with Crippen molar-refractivity contribution < 1.29 is 44.0 Å². The standard InChI is InChI=1S/C27H25ClN8O10S2/c1-11-18(28)22(41)15(6-29-11)46-8-16(38)30-19(12-2-4-14(37)5-3-12)23(42)31-20-24(43)36-21(26(44)45)13(9-47-25(20)36)10-48-27-32-33-34-35(27)7-17(39)40/h2-6,19-20,25,37H,7-10H2,1H3,(H,29,41)(H,30,38)(H,31,42)(H,39,40)(H,44,45)/t19-,20?,25-/m1/s1. The molecule has 3 aromatic rings. The molecule has 2 aliphatic rings. The molecule has 0 bridgehead atoms. The summed E-state index contributed by atoms with van der Waals surface area (Å²) in [6.07, 6.45) is 1.24. The number of thioether (sulfide) groups is 2. The molecule has 4 heterocycles. The summed E-state index contributed by atoms with van der Waals surface area (Å²) in [5.41, 5.74) is 0.0948. The van der Waals surface area contributed by atoms with E-state index in [1.807, 2.05) is 0 Å². The van der Waals surface area contributed by atoms with E-state index in [1.54, 1.807) is 6.92 Å². The average Bonchev–Trinajstić information content (AvgIpc) is 3.49. The van der Waals surface area contributed by atoms with Crippen molar-refractivity contribution in [2.45, 2.75) is 36.1 Å². The van der Waals surface area contributed by atoms with Gasteiger partial charge < -0.3 is 35.7 Å². The fourth-order valence-electron chi connectivity index (χ4n) is 4.71. The van der Waals surface area contributed by atoms with E-state index in [2.05, 4.69) is 31.1 Å². The highest BCUT2D eigenvalue weighted by molar-refractivity contribution is 8.01. The maximum absolute atomic E-state index is 13.5. The second kappa shape index (κ2) is 14.4. The molecule has 48 heavy (non-hydrogen) atoms. The number of H-pyrrole nitrogens is 1. The number of hydrogen-bond donors (Lipinski definition) is 6. The Labute approximate surface area is 282 Å². The Bertz CT molecular complexity index is 1880. The van der Waals surface area contributed by atoms with E-state index in [4.69, 9.17) is 21.4 Å². The van der Waals surface area contributed by atoms with Gasteiger partial charge >= 0.3 is 11.9 Å². The molecule has 1 unspecified atom stereocenters. The third-order valence-electron chi connectivity index (χ3n) is 7.03. The van der Waals surface area contributed by atoms with Crippen LogP contribution in [0.4, 0.5) is 0 Å². The summed E-state index contributed by atoms with van der Waals surface area (Å²) in [6, 6.07) is 2.84. The molecule has 21 heteroatoms. The van der Waals surface area contributed by atoms with Crippen LogP contribution in [0.25, 0.3) is 0 Å². The lowest BCUT2D eigenvalue weighted by Crippen LogP contribution is -2.71. The first-order chi connectivity index (χ1) is 22.8. The zero-order valence-corrected chi connectivity index (χ0v) is 27.0. The van der Waals surface area contributed by atoms with Crippen LogP contribution >= 0.6 is 35.1 Å². The second-order valence-corrected chi connectivity index (χ2v) is 12.7. The summed E-state index contributed by atoms with van der Waals surface area (Å²) < 4.78 is 6.35. The van der Waals surface area contributed by atoms with E-state index in [9.17, 15) is 39.0 Å². The van der Waals surface area contributed by atoms with Crippen molar-refractivity contribution in [3.05, 3.63) is 68.2 Å². The van der Waals surface area contributed by atoms with Crippen molar-refractivity contribution >= 4 is 64.8 Å². The third-order valence-corrected chi connectivity index (χ3v) is 9.87. The Morgan fingerprint density at radius 2 is 1.94 bits per heavy atom. The molecule has 2 aromatic heterocycles. The lowest BCUT2D eigenvalue weighted by atomic mass is 10.0. The predicted molar refractivity (Wildman–Crippen MR) is 167 cm³/mol. The van der Waals surface area contributed by atoms with E-state index >= 15 is 0 Å². The number of carbonyl (C=O) groups excluding carboxylic acids is 3. The number of aromatic hydroxyl groups is 1. The largest absolute Gasteiger partial charge is 0.508 e. The fourth-order valence-corrected chi connectivity index (χ4v) is 7.22. The first-order valence-electron chi connectivity index (χ1n) is 13.8. The lowest BCUT2D eigenvalue weighted by Gasteiger charge is -2.49. The summed E-state index contributed by atoms with van der Waals surface area (Å²) in [5.74, 6) is -4.99. The number of pyridine rings is 1. The minimum Gasteiger partial charge on any atom is -0.508 e. The minimum absolute atomic E-state index is 0.0415. The molecule has 3 amide bonds. The molecule has 1 fully saturated rings. The molecule has 0 saturated carbocycles. The number of rotatable bonds is 13. The van der Waals surface area contributed by atoms with Gasteiger partial charge in [0.05, 0.1) is 0 Å². The van der Waals surface area contributed by atoms with Crippen molar-refractivity contribution in [2.75, 3.05) is 18.1 Å². The molecule has 1 saturated heterocycles. The van der Waals surface area contributed by atoms with Gasteiger partial charge in [0.1, 0.15) is 40.5 Å². The number of phenols is 1. The highest BCUT2D eigenvalue weighted by atomic mass is 35.5. The number of hydrogen-bond acceptors (Lipinski definition) is 13. The monoisotopic (exact) mass is 720 g/mol. The van der Waals surface area contributed by atoms with Crippen LogP contribution in [0.2, 0.25) is 5.02 Å². The van der Waals surface area contributed by atoms with Gasteiger partial charge in [0.2, 0.25) is 16.5 Å². The van der Waals surface area contributed by atoms with Crippen LogP contribution in [-0.4, -0.2) is 105 Å². The summed E-state index contributed by atoms with van der Waals surface area (Å²) in [5, 5.41) is 43.9. The lowest BCUT2D eigenvalue weighted by molar-refractivity contribution is -0.151. The first kappa shape index (κ1) is 34.3. The number of fused-ring (bicyclic) bond motifs is 1. The van der Waals surface area contributed by atoms with Gasteiger partial charge in [-0.2, -0.15) is 0 Å². The summed E-state index contributed by atoms with van der Waals surface area (Å²) >= 11 is 8.15. The molecule has 252 valence electrons. The molecule has 3 atom stereocenters. The van der Waals surface area contributed by atoms with Gasteiger partial charge in [0, 0.05) is 23.4 Å². The van der Waals surface area contributed by atoms with Crippen LogP contribution in [-0.2, 0) is 30.5 Å². The number of aryl methyl sites for hydroxylation is 1.